The topological polar surface area (TPSA) is 55.4 Å². The van der Waals surface area contributed by atoms with E-state index in [9.17, 15) is 0 Å². The first-order chi connectivity index (χ1) is 26.7. The lowest BCUT2D eigenvalue weighted by Gasteiger charge is -2.45. The minimum absolute atomic E-state index is 0.304. The molecule has 2 aliphatic rings. The van der Waals surface area contributed by atoms with Crippen LogP contribution in [0.15, 0.2) is 206 Å². The lowest BCUT2D eigenvalue weighted by atomic mass is 9.66. The molecular weight excluding hydrogens is 670 g/mol. The SMILES string of the molecule is c1ccc(C2(c3ccccc3)COB(Oc3ccc(OB4OC(c5ccccc5)(c5ccccc5)C(c5ccccc5)(c5ccccc5)O4)cc3)O2)cc1. The van der Waals surface area contributed by atoms with E-state index in [0.717, 1.165) is 33.4 Å². The molecule has 0 saturated carbocycles. The molecule has 54 heavy (non-hydrogen) atoms. The zero-order chi connectivity index (χ0) is 36.3. The molecule has 2 heterocycles. The second-order valence-electron chi connectivity index (χ2n) is 13.3. The fourth-order valence-electron chi connectivity index (χ4n) is 7.82. The van der Waals surface area contributed by atoms with E-state index >= 15 is 0 Å². The van der Waals surface area contributed by atoms with Gasteiger partial charge in [-0.1, -0.05) is 182 Å². The van der Waals surface area contributed by atoms with Crippen LogP contribution in [0.4, 0.5) is 0 Å². The normalized spacial score (nSPS) is 16.9. The lowest BCUT2D eigenvalue weighted by molar-refractivity contribution is 0.00370. The van der Waals surface area contributed by atoms with Crippen molar-refractivity contribution in [3.05, 3.63) is 240 Å². The van der Waals surface area contributed by atoms with E-state index in [4.69, 9.17) is 27.9 Å². The van der Waals surface area contributed by atoms with Gasteiger partial charge in [0.1, 0.15) is 28.3 Å². The van der Waals surface area contributed by atoms with Crippen molar-refractivity contribution in [2.75, 3.05) is 6.61 Å². The van der Waals surface area contributed by atoms with Crippen LogP contribution in [0.5, 0.6) is 11.5 Å². The van der Waals surface area contributed by atoms with Gasteiger partial charge in [0.05, 0.1) is 6.61 Å². The standard InChI is InChI=1S/C46H36B2O6/c1-7-19-36(20-8-1)44(37-21-9-2-10-22-37)35-49-47(52-44)50-42-31-33-43(34-32-42)51-48-53-45(38-23-11-3-12-24-38,39-25-13-4-14-26-39)46(54-48,40-27-15-5-16-28-40)41-29-17-6-18-30-41/h1-34H,35H2. The second kappa shape index (κ2) is 14.5. The highest BCUT2D eigenvalue weighted by Gasteiger charge is 2.67. The highest BCUT2D eigenvalue weighted by molar-refractivity contribution is 6.39. The summed E-state index contributed by atoms with van der Waals surface area (Å²) in [6.07, 6.45) is 0. The molecule has 2 saturated heterocycles. The predicted molar refractivity (Wildman–Crippen MR) is 209 cm³/mol. The van der Waals surface area contributed by atoms with Crippen molar-refractivity contribution < 1.29 is 27.9 Å². The first-order valence-corrected chi connectivity index (χ1v) is 18.1. The molecule has 9 rings (SSSR count). The molecular formula is C46H36B2O6. The third kappa shape index (κ3) is 5.90. The summed E-state index contributed by atoms with van der Waals surface area (Å²) >= 11 is 0. The Morgan fingerprint density at radius 1 is 0.333 bits per heavy atom. The van der Waals surface area contributed by atoms with Crippen molar-refractivity contribution in [1.29, 1.82) is 0 Å². The van der Waals surface area contributed by atoms with Crippen molar-refractivity contribution in [3.63, 3.8) is 0 Å². The zero-order valence-electron chi connectivity index (χ0n) is 29.4. The van der Waals surface area contributed by atoms with Gasteiger partial charge >= 0.3 is 14.6 Å². The van der Waals surface area contributed by atoms with Crippen LogP contribution in [0.3, 0.4) is 0 Å². The fourth-order valence-corrected chi connectivity index (χ4v) is 7.82. The van der Waals surface area contributed by atoms with Crippen LogP contribution in [-0.4, -0.2) is 21.2 Å². The van der Waals surface area contributed by atoms with Crippen LogP contribution in [-0.2, 0) is 35.4 Å². The molecule has 0 aliphatic carbocycles. The van der Waals surface area contributed by atoms with Gasteiger partial charge in [0.15, 0.2) is 0 Å². The summed E-state index contributed by atoms with van der Waals surface area (Å²) < 4.78 is 39.9. The Morgan fingerprint density at radius 3 is 0.963 bits per heavy atom. The first-order valence-electron chi connectivity index (χ1n) is 18.1. The summed E-state index contributed by atoms with van der Waals surface area (Å²) in [7, 11) is -2.02. The maximum absolute atomic E-state index is 7.18. The minimum Gasteiger partial charge on any atom is -0.512 e. The fraction of sp³-hybridized carbons (Fsp3) is 0.0870. The Kier molecular flexibility index (Phi) is 9.11. The summed E-state index contributed by atoms with van der Waals surface area (Å²) in [4.78, 5) is 0. The molecule has 2 aliphatic heterocycles. The van der Waals surface area contributed by atoms with E-state index in [0.29, 0.717) is 18.1 Å². The molecule has 8 heteroatoms. The van der Waals surface area contributed by atoms with Crippen molar-refractivity contribution in [2.45, 2.75) is 16.8 Å². The van der Waals surface area contributed by atoms with Gasteiger partial charge in [-0.25, -0.2) is 0 Å². The average Bonchev–Trinajstić information content (AvgIpc) is 3.85. The molecule has 0 amide bonds. The second-order valence-corrected chi connectivity index (χ2v) is 13.3. The highest BCUT2D eigenvalue weighted by Crippen LogP contribution is 2.59. The minimum atomic E-state index is -1.15. The Morgan fingerprint density at radius 2 is 0.630 bits per heavy atom. The van der Waals surface area contributed by atoms with Crippen LogP contribution in [0.25, 0.3) is 0 Å². The molecule has 2 fully saturated rings. The van der Waals surface area contributed by atoms with Gasteiger partial charge in [0, 0.05) is 0 Å². The Balaban J connectivity index is 1.04. The Hall–Kier alpha value is -5.89. The molecule has 7 aromatic carbocycles. The Bertz CT molecular complexity index is 2050. The molecule has 0 N–H and O–H groups in total. The van der Waals surface area contributed by atoms with Gasteiger partial charge in [0.2, 0.25) is 0 Å². The smallest absolute Gasteiger partial charge is 0.512 e. The molecule has 0 bridgehead atoms. The van der Waals surface area contributed by atoms with Gasteiger partial charge < -0.3 is 27.9 Å². The quantitative estimate of drug-likeness (QED) is 0.132. The number of hydrogen-bond donors (Lipinski definition) is 0. The van der Waals surface area contributed by atoms with Gasteiger partial charge in [-0.05, 0) is 57.6 Å². The zero-order valence-corrected chi connectivity index (χ0v) is 29.4. The molecule has 6 nitrogen and oxygen atoms in total. The molecule has 0 atom stereocenters. The number of rotatable bonds is 10. The largest absolute Gasteiger partial charge is 0.715 e. The van der Waals surface area contributed by atoms with Crippen LogP contribution >= 0.6 is 0 Å². The summed E-state index contributed by atoms with van der Waals surface area (Å²) in [6.45, 7) is 0.304. The van der Waals surface area contributed by atoms with E-state index < -0.39 is 31.4 Å². The lowest BCUT2D eigenvalue weighted by Crippen LogP contribution is -2.48. The van der Waals surface area contributed by atoms with Gasteiger partial charge in [-0.15, -0.1) is 0 Å². The molecule has 0 unspecified atom stereocenters. The molecule has 0 aromatic heterocycles. The van der Waals surface area contributed by atoms with E-state index in [1.807, 2.05) is 158 Å². The van der Waals surface area contributed by atoms with E-state index in [-0.39, 0.29) is 0 Å². The summed E-state index contributed by atoms with van der Waals surface area (Å²) in [5.74, 6) is 1.10. The maximum Gasteiger partial charge on any atom is 0.715 e. The van der Waals surface area contributed by atoms with E-state index in [2.05, 4.69) is 48.5 Å². The third-order valence-electron chi connectivity index (χ3n) is 10.3. The van der Waals surface area contributed by atoms with Crippen molar-refractivity contribution in [3.8, 4) is 11.5 Å². The predicted octanol–water partition coefficient (Wildman–Crippen LogP) is 9.34. The van der Waals surface area contributed by atoms with Crippen molar-refractivity contribution in [2.24, 2.45) is 0 Å². The first kappa shape index (κ1) is 33.9. The molecule has 0 spiro atoms. The van der Waals surface area contributed by atoms with Crippen LogP contribution < -0.4 is 9.31 Å². The number of hydrogen-bond acceptors (Lipinski definition) is 6. The van der Waals surface area contributed by atoms with Crippen LogP contribution in [0.2, 0.25) is 0 Å². The number of benzene rings is 7. The van der Waals surface area contributed by atoms with Crippen LogP contribution in [0.1, 0.15) is 33.4 Å². The monoisotopic (exact) mass is 706 g/mol. The summed E-state index contributed by atoms with van der Waals surface area (Å²) in [6, 6.07) is 68.4. The van der Waals surface area contributed by atoms with E-state index in [1.165, 1.54) is 0 Å². The molecule has 0 radical (unpaired) electrons. The molecule has 262 valence electrons. The van der Waals surface area contributed by atoms with Crippen LogP contribution in [0, 0.1) is 0 Å². The summed E-state index contributed by atoms with van der Waals surface area (Å²) in [5, 5.41) is 0. The average molecular weight is 706 g/mol. The summed E-state index contributed by atoms with van der Waals surface area (Å²) in [5.41, 5.74) is 2.60. The van der Waals surface area contributed by atoms with Crippen molar-refractivity contribution in [1.82, 2.24) is 0 Å². The molecule has 7 aromatic rings. The highest BCUT2D eigenvalue weighted by atomic mass is 16.8. The van der Waals surface area contributed by atoms with Crippen molar-refractivity contribution >= 4 is 14.6 Å². The van der Waals surface area contributed by atoms with Gasteiger partial charge in [0.25, 0.3) is 0 Å². The Labute approximate surface area is 316 Å². The maximum atomic E-state index is 7.18. The van der Waals surface area contributed by atoms with Gasteiger partial charge in [-0.2, -0.15) is 0 Å². The van der Waals surface area contributed by atoms with E-state index in [1.54, 1.807) is 0 Å². The third-order valence-corrected chi connectivity index (χ3v) is 10.3. The van der Waals surface area contributed by atoms with Gasteiger partial charge in [-0.3, -0.25) is 0 Å².